The second-order valence-electron chi connectivity index (χ2n) is 5.38. The average Bonchev–Trinajstić information content (AvgIpc) is 3.16. The summed E-state index contributed by atoms with van der Waals surface area (Å²) < 4.78 is 1.71. The van der Waals surface area contributed by atoms with Gasteiger partial charge in [0.15, 0.2) is 5.96 Å². The van der Waals surface area contributed by atoms with Gasteiger partial charge < -0.3 is 11.1 Å². The Kier molecular flexibility index (Phi) is 4.86. The molecule has 0 radical (unpaired) electrons. The molecule has 2 aromatic carbocycles. The number of aliphatic imine (C=N–C) groups is 1. The summed E-state index contributed by atoms with van der Waals surface area (Å²) >= 11 is 0. The number of nitrogens with one attached hydrogen (secondary N) is 1. The van der Waals surface area contributed by atoms with Gasteiger partial charge in [0.2, 0.25) is 0 Å². The van der Waals surface area contributed by atoms with Crippen molar-refractivity contribution in [1.82, 2.24) is 14.8 Å². The lowest BCUT2D eigenvalue weighted by Crippen LogP contribution is -2.22. The summed E-state index contributed by atoms with van der Waals surface area (Å²) in [6, 6.07) is 16.1. The Labute approximate surface area is 141 Å². The Hall–Kier alpha value is -3.15. The predicted octanol–water partition coefficient (Wildman–Crippen LogP) is 2.76. The second kappa shape index (κ2) is 7.41. The van der Waals surface area contributed by atoms with E-state index in [4.69, 9.17) is 5.73 Å². The fourth-order valence-corrected chi connectivity index (χ4v) is 2.28. The number of hydrogen-bond donors (Lipinski definition) is 2. The highest BCUT2D eigenvalue weighted by Gasteiger charge is 1.99. The number of guanidine groups is 1. The Morgan fingerprint density at radius 2 is 1.79 bits per heavy atom. The Bertz CT molecular complexity index is 789. The molecule has 0 aliphatic heterocycles. The summed E-state index contributed by atoms with van der Waals surface area (Å²) in [6.07, 6.45) is 4.20. The van der Waals surface area contributed by atoms with E-state index in [0.29, 0.717) is 12.5 Å². The average molecular weight is 320 g/mol. The molecular formula is C18H20N6. The molecule has 3 aromatic rings. The molecule has 6 heteroatoms. The number of nitrogens with zero attached hydrogens (tertiary/aromatic N) is 4. The molecule has 0 atom stereocenters. The molecule has 0 fully saturated rings. The van der Waals surface area contributed by atoms with Crippen LogP contribution >= 0.6 is 0 Å². The lowest BCUT2D eigenvalue weighted by molar-refractivity contribution is 0.877. The lowest BCUT2D eigenvalue weighted by Gasteiger charge is -2.07. The zero-order valence-corrected chi connectivity index (χ0v) is 13.6. The standard InChI is InChI=1S/C18H20N6/c1-2-14-3-7-16(8-4-14)23-18(19)21-11-15-5-9-17(10-6-15)24-13-20-12-22-24/h3-10,12-13H,2,11H2,1H3,(H3,19,21,23). The monoisotopic (exact) mass is 320 g/mol. The van der Waals surface area contributed by atoms with Crippen molar-refractivity contribution in [1.29, 1.82) is 0 Å². The quantitative estimate of drug-likeness (QED) is 0.559. The van der Waals surface area contributed by atoms with Gasteiger partial charge in [-0.05, 0) is 41.8 Å². The second-order valence-corrected chi connectivity index (χ2v) is 5.38. The summed E-state index contributed by atoms with van der Waals surface area (Å²) in [5, 5.41) is 7.20. The zero-order valence-electron chi connectivity index (χ0n) is 13.6. The van der Waals surface area contributed by atoms with Crippen molar-refractivity contribution in [2.45, 2.75) is 19.9 Å². The third-order valence-electron chi connectivity index (χ3n) is 3.69. The van der Waals surface area contributed by atoms with Crippen LogP contribution in [0.3, 0.4) is 0 Å². The van der Waals surface area contributed by atoms with E-state index in [0.717, 1.165) is 23.4 Å². The third-order valence-corrected chi connectivity index (χ3v) is 3.69. The molecule has 0 saturated heterocycles. The zero-order chi connectivity index (χ0) is 16.8. The first-order valence-corrected chi connectivity index (χ1v) is 7.84. The number of nitrogens with two attached hydrogens (primary N) is 1. The Morgan fingerprint density at radius 1 is 1.08 bits per heavy atom. The highest BCUT2D eigenvalue weighted by Crippen LogP contribution is 2.11. The van der Waals surface area contributed by atoms with E-state index in [1.54, 1.807) is 11.0 Å². The molecule has 3 rings (SSSR count). The Balaban J connectivity index is 1.59. The maximum atomic E-state index is 5.95. The Morgan fingerprint density at radius 3 is 2.42 bits per heavy atom. The first kappa shape index (κ1) is 15.7. The van der Waals surface area contributed by atoms with Gasteiger partial charge in [-0.2, -0.15) is 5.10 Å². The van der Waals surface area contributed by atoms with Crippen molar-refractivity contribution in [2.75, 3.05) is 5.32 Å². The normalized spacial score (nSPS) is 11.5. The van der Waals surface area contributed by atoms with Gasteiger partial charge in [-0.1, -0.05) is 31.2 Å². The van der Waals surface area contributed by atoms with Gasteiger partial charge in [-0.15, -0.1) is 0 Å². The molecule has 0 saturated carbocycles. The van der Waals surface area contributed by atoms with Crippen molar-refractivity contribution in [3.8, 4) is 5.69 Å². The molecule has 122 valence electrons. The summed E-state index contributed by atoms with van der Waals surface area (Å²) in [4.78, 5) is 8.31. The van der Waals surface area contributed by atoms with Crippen LogP contribution in [0.25, 0.3) is 5.69 Å². The van der Waals surface area contributed by atoms with Crippen LogP contribution in [-0.4, -0.2) is 20.7 Å². The van der Waals surface area contributed by atoms with Gasteiger partial charge in [0.1, 0.15) is 12.7 Å². The number of anilines is 1. The molecule has 0 amide bonds. The van der Waals surface area contributed by atoms with Gasteiger partial charge in [0.05, 0.1) is 12.2 Å². The molecule has 1 heterocycles. The SMILES string of the molecule is CCc1ccc(NC(N)=NCc2ccc(-n3cncn3)cc2)cc1. The summed E-state index contributed by atoms with van der Waals surface area (Å²) in [7, 11) is 0. The van der Waals surface area contributed by atoms with Gasteiger partial charge in [-0.25, -0.2) is 14.7 Å². The molecule has 3 N–H and O–H groups in total. The molecule has 0 bridgehead atoms. The number of aromatic nitrogens is 3. The minimum absolute atomic E-state index is 0.402. The molecular weight excluding hydrogens is 300 g/mol. The predicted molar refractivity (Wildman–Crippen MR) is 96.1 cm³/mol. The van der Waals surface area contributed by atoms with Crippen molar-refractivity contribution < 1.29 is 0 Å². The number of aryl methyl sites for hydroxylation is 1. The topological polar surface area (TPSA) is 81.1 Å². The maximum absolute atomic E-state index is 5.95. The first-order valence-electron chi connectivity index (χ1n) is 7.84. The smallest absolute Gasteiger partial charge is 0.193 e. The van der Waals surface area contributed by atoms with Crippen molar-refractivity contribution in [3.63, 3.8) is 0 Å². The van der Waals surface area contributed by atoms with E-state index < -0.39 is 0 Å². The number of rotatable bonds is 5. The highest BCUT2D eigenvalue weighted by atomic mass is 15.3. The van der Waals surface area contributed by atoms with Crippen LogP contribution in [0, 0.1) is 0 Å². The molecule has 24 heavy (non-hydrogen) atoms. The highest BCUT2D eigenvalue weighted by molar-refractivity contribution is 5.92. The third kappa shape index (κ3) is 3.98. The van der Waals surface area contributed by atoms with Crippen LogP contribution in [0.15, 0.2) is 66.2 Å². The van der Waals surface area contributed by atoms with Gasteiger partial charge in [0.25, 0.3) is 0 Å². The molecule has 0 unspecified atom stereocenters. The fraction of sp³-hybridized carbons (Fsp3) is 0.167. The minimum atomic E-state index is 0.402. The van der Waals surface area contributed by atoms with Crippen molar-refractivity contribution >= 4 is 11.6 Å². The van der Waals surface area contributed by atoms with Gasteiger partial charge in [-0.3, -0.25) is 0 Å². The number of benzene rings is 2. The van der Waals surface area contributed by atoms with Crippen LogP contribution in [0.2, 0.25) is 0 Å². The van der Waals surface area contributed by atoms with Crippen molar-refractivity contribution in [2.24, 2.45) is 10.7 Å². The fourth-order valence-electron chi connectivity index (χ4n) is 2.28. The van der Waals surface area contributed by atoms with Crippen LogP contribution in [0.5, 0.6) is 0 Å². The van der Waals surface area contributed by atoms with E-state index in [-0.39, 0.29) is 0 Å². The van der Waals surface area contributed by atoms with E-state index in [1.165, 1.54) is 11.9 Å². The maximum Gasteiger partial charge on any atom is 0.193 e. The van der Waals surface area contributed by atoms with Crippen LogP contribution in [-0.2, 0) is 13.0 Å². The van der Waals surface area contributed by atoms with E-state index in [9.17, 15) is 0 Å². The van der Waals surface area contributed by atoms with Crippen molar-refractivity contribution in [3.05, 3.63) is 72.3 Å². The van der Waals surface area contributed by atoms with E-state index in [1.807, 2.05) is 36.4 Å². The van der Waals surface area contributed by atoms with Crippen LogP contribution in [0.1, 0.15) is 18.1 Å². The van der Waals surface area contributed by atoms with Gasteiger partial charge in [0, 0.05) is 5.69 Å². The van der Waals surface area contributed by atoms with Gasteiger partial charge >= 0.3 is 0 Å². The van der Waals surface area contributed by atoms with E-state index >= 15 is 0 Å². The van der Waals surface area contributed by atoms with Crippen LogP contribution < -0.4 is 11.1 Å². The van der Waals surface area contributed by atoms with Crippen LogP contribution in [0.4, 0.5) is 5.69 Å². The number of hydrogen-bond acceptors (Lipinski definition) is 3. The lowest BCUT2D eigenvalue weighted by atomic mass is 10.1. The van der Waals surface area contributed by atoms with E-state index in [2.05, 4.69) is 39.4 Å². The largest absolute Gasteiger partial charge is 0.370 e. The molecule has 1 aromatic heterocycles. The summed E-state index contributed by atoms with van der Waals surface area (Å²) in [6.45, 7) is 2.65. The molecule has 0 spiro atoms. The summed E-state index contributed by atoms with van der Waals surface area (Å²) in [5.74, 6) is 0.402. The minimum Gasteiger partial charge on any atom is -0.370 e. The molecule has 0 aliphatic rings. The molecule has 0 aliphatic carbocycles. The summed E-state index contributed by atoms with van der Waals surface area (Å²) in [5.41, 5.74) is 10.2. The first-order chi connectivity index (χ1) is 11.7. The molecule has 6 nitrogen and oxygen atoms in total.